The van der Waals surface area contributed by atoms with Crippen LogP contribution >= 0.6 is 0 Å². The summed E-state index contributed by atoms with van der Waals surface area (Å²) in [6.45, 7) is 1.40. The molecule has 9 nitrogen and oxygen atoms in total. The van der Waals surface area contributed by atoms with Gasteiger partial charge in [-0.1, -0.05) is 0 Å². The van der Waals surface area contributed by atoms with Crippen molar-refractivity contribution in [3.05, 3.63) is 59.9 Å². The molecule has 0 aliphatic rings. The fourth-order valence-electron chi connectivity index (χ4n) is 2.64. The predicted octanol–water partition coefficient (Wildman–Crippen LogP) is 2.39. The van der Waals surface area contributed by atoms with Gasteiger partial charge in [0.15, 0.2) is 5.76 Å². The second kappa shape index (κ2) is 10.3. The molecule has 0 aliphatic carbocycles. The van der Waals surface area contributed by atoms with Crippen LogP contribution in [0.3, 0.4) is 0 Å². The van der Waals surface area contributed by atoms with Crippen molar-refractivity contribution >= 4 is 22.8 Å². The van der Waals surface area contributed by atoms with Crippen LogP contribution in [0.2, 0.25) is 0 Å². The van der Waals surface area contributed by atoms with E-state index in [2.05, 4.69) is 5.32 Å². The van der Waals surface area contributed by atoms with Crippen LogP contribution in [-0.4, -0.2) is 50.5 Å². The number of rotatable bonds is 10. The Balaban J connectivity index is 1.48. The molecule has 0 bridgehead atoms. The molecule has 0 unspecified atom stereocenters. The largest absolute Gasteiger partial charge is 0.492 e. The molecule has 0 saturated carbocycles. The number of hydrogen-bond acceptors (Lipinski definition) is 7. The Kier molecular flexibility index (Phi) is 7.25. The van der Waals surface area contributed by atoms with Gasteiger partial charge < -0.3 is 23.9 Å². The number of hydrogen-bond donors (Lipinski definition) is 3. The van der Waals surface area contributed by atoms with E-state index in [9.17, 15) is 9.59 Å². The average molecular weight is 414 g/mol. The highest BCUT2D eigenvalue weighted by molar-refractivity contribution is 5.96. The summed E-state index contributed by atoms with van der Waals surface area (Å²) in [4.78, 5) is 23.6. The minimum Gasteiger partial charge on any atom is -0.492 e. The molecule has 3 rings (SSSR count). The molecule has 0 fully saturated rings. The average Bonchev–Trinajstić information content (AvgIpc) is 3.20. The zero-order chi connectivity index (χ0) is 21.3. The molecule has 2 amide bonds. The van der Waals surface area contributed by atoms with E-state index < -0.39 is 5.91 Å². The molecule has 0 radical (unpaired) electrons. The van der Waals surface area contributed by atoms with Crippen LogP contribution < -0.4 is 20.3 Å². The summed E-state index contributed by atoms with van der Waals surface area (Å²) >= 11 is 0. The van der Waals surface area contributed by atoms with Crippen molar-refractivity contribution in [1.29, 1.82) is 0 Å². The first-order valence-corrected chi connectivity index (χ1v) is 9.21. The monoisotopic (exact) mass is 414 g/mol. The van der Waals surface area contributed by atoms with Crippen LogP contribution in [0.4, 0.5) is 0 Å². The lowest BCUT2D eigenvalue weighted by Crippen LogP contribution is -2.27. The molecular formula is C21H22N2O7. The van der Waals surface area contributed by atoms with Crippen molar-refractivity contribution in [2.75, 3.05) is 33.5 Å². The van der Waals surface area contributed by atoms with Gasteiger partial charge in [0.05, 0.1) is 13.2 Å². The molecule has 30 heavy (non-hydrogen) atoms. The van der Waals surface area contributed by atoms with E-state index in [1.807, 2.05) is 6.07 Å². The molecule has 0 spiro atoms. The Bertz CT molecular complexity index is 998. The molecule has 2 aromatic carbocycles. The van der Waals surface area contributed by atoms with Crippen LogP contribution in [0.25, 0.3) is 11.0 Å². The number of methoxy groups -OCH3 is 1. The summed E-state index contributed by atoms with van der Waals surface area (Å²) in [6, 6.07) is 13.2. The molecule has 9 heteroatoms. The number of carbonyl (C=O) groups excluding carboxylic acids is 2. The normalized spacial score (nSPS) is 10.6. The van der Waals surface area contributed by atoms with Gasteiger partial charge in [0.1, 0.15) is 30.3 Å². The van der Waals surface area contributed by atoms with Crippen molar-refractivity contribution in [2.24, 2.45) is 0 Å². The molecule has 0 atom stereocenters. The van der Waals surface area contributed by atoms with Crippen molar-refractivity contribution in [3.8, 4) is 11.5 Å². The number of ether oxygens (including phenoxy) is 3. The number of carbonyl (C=O) groups is 2. The second-order valence-corrected chi connectivity index (χ2v) is 6.22. The predicted molar refractivity (Wildman–Crippen MR) is 107 cm³/mol. The highest BCUT2D eigenvalue weighted by Crippen LogP contribution is 2.24. The first kappa shape index (κ1) is 21.2. The minimum atomic E-state index is -0.603. The lowest BCUT2D eigenvalue weighted by Gasteiger charge is -2.07. The molecule has 3 aromatic rings. The molecule has 1 heterocycles. The van der Waals surface area contributed by atoms with E-state index in [-0.39, 0.29) is 24.8 Å². The third kappa shape index (κ3) is 5.49. The lowest BCUT2D eigenvalue weighted by molar-refractivity contribution is 0.0706. The van der Waals surface area contributed by atoms with Gasteiger partial charge in [-0.15, -0.1) is 0 Å². The van der Waals surface area contributed by atoms with Gasteiger partial charge in [-0.05, 0) is 42.5 Å². The summed E-state index contributed by atoms with van der Waals surface area (Å²) in [7, 11) is 1.60. The summed E-state index contributed by atoms with van der Waals surface area (Å²) in [5.74, 6) is 0.401. The maximum atomic E-state index is 12.3. The number of fused-ring (bicyclic) bond motifs is 1. The van der Waals surface area contributed by atoms with Gasteiger partial charge in [-0.2, -0.15) is 0 Å². The van der Waals surface area contributed by atoms with Crippen LogP contribution in [0.5, 0.6) is 11.5 Å². The molecule has 158 valence electrons. The lowest BCUT2D eigenvalue weighted by atomic mass is 10.2. The summed E-state index contributed by atoms with van der Waals surface area (Å²) in [5, 5.41) is 12.1. The highest BCUT2D eigenvalue weighted by atomic mass is 16.5. The number of hydroxylamine groups is 1. The van der Waals surface area contributed by atoms with Gasteiger partial charge in [0, 0.05) is 24.1 Å². The third-order valence-electron chi connectivity index (χ3n) is 4.15. The number of benzene rings is 2. The van der Waals surface area contributed by atoms with Crippen molar-refractivity contribution in [1.82, 2.24) is 10.8 Å². The second-order valence-electron chi connectivity index (χ2n) is 6.22. The highest BCUT2D eigenvalue weighted by Gasteiger charge is 2.12. The first-order valence-electron chi connectivity index (χ1n) is 9.21. The van der Waals surface area contributed by atoms with E-state index in [0.717, 1.165) is 5.39 Å². The van der Waals surface area contributed by atoms with Gasteiger partial charge in [-0.25, -0.2) is 5.48 Å². The minimum absolute atomic E-state index is 0.193. The van der Waals surface area contributed by atoms with Crippen LogP contribution in [-0.2, 0) is 4.74 Å². The van der Waals surface area contributed by atoms with E-state index in [0.29, 0.717) is 35.9 Å². The Morgan fingerprint density at radius 3 is 2.40 bits per heavy atom. The first-order chi connectivity index (χ1) is 14.6. The Hall–Kier alpha value is -3.56. The zero-order valence-electron chi connectivity index (χ0n) is 16.3. The van der Waals surface area contributed by atoms with E-state index in [1.54, 1.807) is 42.9 Å². The van der Waals surface area contributed by atoms with Gasteiger partial charge >= 0.3 is 0 Å². The summed E-state index contributed by atoms with van der Waals surface area (Å²) in [5.41, 5.74) is 2.41. The Morgan fingerprint density at radius 2 is 1.67 bits per heavy atom. The van der Waals surface area contributed by atoms with Crippen molar-refractivity contribution < 1.29 is 33.4 Å². The fourth-order valence-corrected chi connectivity index (χ4v) is 2.64. The maximum absolute atomic E-state index is 12.3. The van der Waals surface area contributed by atoms with E-state index in [1.165, 1.54) is 12.1 Å². The SMILES string of the molecule is COCCOc1ccc2cc(C(=O)NCCOc3ccc(C(=O)NO)cc3)oc2c1. The van der Waals surface area contributed by atoms with E-state index in [4.69, 9.17) is 23.8 Å². The molecule has 1 aromatic heterocycles. The molecule has 0 aliphatic heterocycles. The summed E-state index contributed by atoms with van der Waals surface area (Å²) in [6.07, 6.45) is 0. The topological polar surface area (TPSA) is 119 Å². The summed E-state index contributed by atoms with van der Waals surface area (Å²) < 4.78 is 21.6. The fraction of sp³-hybridized carbons (Fsp3) is 0.238. The molecule has 3 N–H and O–H groups in total. The zero-order valence-corrected chi connectivity index (χ0v) is 16.3. The van der Waals surface area contributed by atoms with Crippen LogP contribution in [0.15, 0.2) is 52.9 Å². The Labute approximate surface area is 172 Å². The van der Waals surface area contributed by atoms with Crippen molar-refractivity contribution in [3.63, 3.8) is 0 Å². The number of furan rings is 1. The smallest absolute Gasteiger partial charge is 0.287 e. The molecular weight excluding hydrogens is 392 g/mol. The van der Waals surface area contributed by atoms with Gasteiger partial charge in [0.2, 0.25) is 0 Å². The third-order valence-corrected chi connectivity index (χ3v) is 4.15. The molecule has 0 saturated heterocycles. The van der Waals surface area contributed by atoms with Gasteiger partial charge in [0.25, 0.3) is 11.8 Å². The number of nitrogens with one attached hydrogen (secondary N) is 2. The van der Waals surface area contributed by atoms with E-state index >= 15 is 0 Å². The Morgan fingerprint density at radius 1 is 0.933 bits per heavy atom. The van der Waals surface area contributed by atoms with Crippen LogP contribution in [0, 0.1) is 0 Å². The standard InChI is InChI=1S/C21H22N2O7/c1-27-10-11-29-17-7-4-15-12-19(30-18(15)13-17)21(25)22-8-9-28-16-5-2-14(3-6-16)20(24)23-26/h2-7,12-13,26H,8-11H2,1H3,(H,22,25)(H,23,24). The number of amides is 2. The van der Waals surface area contributed by atoms with Gasteiger partial charge in [-0.3, -0.25) is 14.8 Å². The van der Waals surface area contributed by atoms with Crippen molar-refractivity contribution in [2.45, 2.75) is 0 Å². The van der Waals surface area contributed by atoms with Crippen LogP contribution in [0.1, 0.15) is 20.9 Å². The quantitative estimate of drug-likeness (QED) is 0.265. The maximum Gasteiger partial charge on any atom is 0.287 e.